The van der Waals surface area contributed by atoms with E-state index in [4.69, 9.17) is 11.6 Å². The summed E-state index contributed by atoms with van der Waals surface area (Å²) < 4.78 is 1.81. The minimum Gasteiger partial charge on any atom is -0.388 e. The summed E-state index contributed by atoms with van der Waals surface area (Å²) in [6.07, 6.45) is 3.56. The van der Waals surface area contributed by atoms with Crippen molar-refractivity contribution in [2.75, 3.05) is 18.0 Å². The molecule has 7 heteroatoms. The number of aliphatic hydroxyl groups is 1. The Morgan fingerprint density at radius 2 is 2.30 bits per heavy atom. The Bertz CT molecular complexity index is 753. The maximum Gasteiger partial charge on any atom is 0.135 e. The van der Waals surface area contributed by atoms with E-state index in [0.29, 0.717) is 35.7 Å². The molecule has 1 unspecified atom stereocenters. The lowest BCUT2D eigenvalue weighted by atomic mass is 9.88. The number of hydrogen-bond acceptors (Lipinski definition) is 5. The predicted molar refractivity (Wildman–Crippen MR) is 87.3 cm³/mol. The van der Waals surface area contributed by atoms with Crippen LogP contribution in [-0.2, 0) is 13.5 Å². The van der Waals surface area contributed by atoms with Gasteiger partial charge >= 0.3 is 0 Å². The van der Waals surface area contributed by atoms with Crippen LogP contribution < -0.4 is 4.90 Å². The number of rotatable bonds is 3. The molecule has 120 valence electrons. The highest BCUT2D eigenvalue weighted by molar-refractivity contribution is 6.33. The molecule has 0 amide bonds. The van der Waals surface area contributed by atoms with Gasteiger partial charge in [0.25, 0.3) is 0 Å². The fraction of sp³-hybridized carbons (Fsp3) is 0.438. The third-order valence-corrected chi connectivity index (χ3v) is 4.58. The highest BCUT2D eigenvalue weighted by Crippen LogP contribution is 2.34. The fourth-order valence-electron chi connectivity index (χ4n) is 3.14. The van der Waals surface area contributed by atoms with Gasteiger partial charge in [0.1, 0.15) is 18.2 Å². The molecule has 0 saturated carbocycles. The minimum absolute atomic E-state index is 0.415. The number of nitriles is 1. The molecule has 1 saturated heterocycles. The molecule has 0 spiro atoms. The van der Waals surface area contributed by atoms with E-state index >= 15 is 0 Å². The monoisotopic (exact) mass is 331 g/mol. The lowest BCUT2D eigenvalue weighted by molar-refractivity contribution is 0.0238. The second-order valence-electron chi connectivity index (χ2n) is 6.03. The maximum absolute atomic E-state index is 11.0. The lowest BCUT2D eigenvalue weighted by Crippen LogP contribution is -2.50. The van der Waals surface area contributed by atoms with Crippen LogP contribution in [0.1, 0.15) is 24.2 Å². The molecule has 1 atom stereocenters. The van der Waals surface area contributed by atoms with E-state index in [9.17, 15) is 10.4 Å². The lowest BCUT2D eigenvalue weighted by Gasteiger charge is -2.40. The second-order valence-corrected chi connectivity index (χ2v) is 6.44. The number of anilines is 1. The zero-order valence-electron chi connectivity index (χ0n) is 12.9. The van der Waals surface area contributed by atoms with Crippen molar-refractivity contribution in [2.24, 2.45) is 7.05 Å². The number of hydrogen-bond donors (Lipinski definition) is 1. The number of aromatic nitrogens is 3. The first-order valence-corrected chi connectivity index (χ1v) is 7.89. The maximum atomic E-state index is 11.0. The van der Waals surface area contributed by atoms with Gasteiger partial charge in [-0.3, -0.25) is 0 Å². The number of aryl methyl sites for hydroxylation is 1. The summed E-state index contributed by atoms with van der Waals surface area (Å²) in [5.74, 6) is 0.744. The molecule has 1 aromatic carbocycles. The van der Waals surface area contributed by atoms with Gasteiger partial charge in [0.15, 0.2) is 0 Å². The van der Waals surface area contributed by atoms with Gasteiger partial charge in [-0.25, -0.2) is 0 Å². The van der Waals surface area contributed by atoms with Crippen LogP contribution in [0.4, 0.5) is 5.69 Å². The molecule has 0 radical (unpaired) electrons. The summed E-state index contributed by atoms with van der Waals surface area (Å²) >= 11 is 6.30. The van der Waals surface area contributed by atoms with Crippen molar-refractivity contribution in [3.05, 3.63) is 40.9 Å². The van der Waals surface area contributed by atoms with E-state index in [2.05, 4.69) is 16.3 Å². The van der Waals surface area contributed by atoms with Crippen LogP contribution in [0, 0.1) is 11.3 Å². The van der Waals surface area contributed by atoms with Gasteiger partial charge in [-0.1, -0.05) is 17.7 Å². The number of para-hydroxylation sites is 1. The first-order chi connectivity index (χ1) is 11.0. The molecular weight excluding hydrogens is 314 g/mol. The van der Waals surface area contributed by atoms with Gasteiger partial charge in [0, 0.05) is 26.6 Å². The summed E-state index contributed by atoms with van der Waals surface area (Å²) in [5.41, 5.74) is 0.318. The molecule has 1 aliphatic heterocycles. The van der Waals surface area contributed by atoms with Crippen molar-refractivity contribution in [2.45, 2.75) is 24.9 Å². The highest BCUT2D eigenvalue weighted by Gasteiger charge is 2.36. The van der Waals surface area contributed by atoms with Gasteiger partial charge in [-0.2, -0.15) is 5.26 Å². The Hall–Kier alpha value is -2.10. The molecule has 0 bridgehead atoms. The van der Waals surface area contributed by atoms with Crippen molar-refractivity contribution in [1.82, 2.24) is 14.8 Å². The summed E-state index contributed by atoms with van der Waals surface area (Å²) in [6.45, 7) is 1.18. The molecule has 2 aromatic rings. The van der Waals surface area contributed by atoms with Crippen molar-refractivity contribution >= 4 is 17.3 Å². The van der Waals surface area contributed by atoms with Gasteiger partial charge in [0.05, 0.1) is 21.9 Å². The first kappa shape index (κ1) is 15.8. The summed E-state index contributed by atoms with van der Waals surface area (Å²) in [7, 11) is 1.86. The Labute approximate surface area is 139 Å². The average Bonchev–Trinajstić information content (AvgIpc) is 2.91. The van der Waals surface area contributed by atoms with Crippen LogP contribution in [0.2, 0.25) is 5.02 Å². The number of benzene rings is 1. The molecule has 0 aliphatic carbocycles. The van der Waals surface area contributed by atoms with E-state index in [1.54, 1.807) is 24.5 Å². The number of nitrogens with zero attached hydrogens (tertiary/aromatic N) is 5. The van der Waals surface area contributed by atoms with E-state index in [0.717, 1.165) is 18.8 Å². The number of halogens is 1. The molecule has 2 heterocycles. The Morgan fingerprint density at radius 3 is 3.00 bits per heavy atom. The first-order valence-electron chi connectivity index (χ1n) is 7.51. The van der Waals surface area contributed by atoms with Crippen LogP contribution in [0.25, 0.3) is 0 Å². The van der Waals surface area contributed by atoms with E-state index in [1.165, 1.54) is 0 Å². The molecule has 3 rings (SSSR count). The predicted octanol–water partition coefficient (Wildman–Crippen LogP) is 1.91. The fourth-order valence-corrected chi connectivity index (χ4v) is 3.43. The third kappa shape index (κ3) is 3.16. The zero-order chi connectivity index (χ0) is 16.4. The quantitative estimate of drug-likeness (QED) is 0.929. The molecule has 6 nitrogen and oxygen atoms in total. The smallest absolute Gasteiger partial charge is 0.135 e. The molecular formula is C16H18ClN5O. The normalized spacial score (nSPS) is 21.2. The van der Waals surface area contributed by atoms with Crippen molar-refractivity contribution in [3.63, 3.8) is 0 Å². The summed E-state index contributed by atoms with van der Waals surface area (Å²) in [6, 6.07) is 7.46. The molecule has 1 fully saturated rings. The molecule has 1 N–H and O–H groups in total. The minimum atomic E-state index is -0.912. The van der Waals surface area contributed by atoms with Crippen LogP contribution in [0.5, 0.6) is 0 Å². The van der Waals surface area contributed by atoms with Crippen molar-refractivity contribution in [1.29, 1.82) is 5.26 Å². The average molecular weight is 332 g/mol. The van der Waals surface area contributed by atoms with E-state index < -0.39 is 5.60 Å². The van der Waals surface area contributed by atoms with Crippen LogP contribution in [-0.4, -0.2) is 38.6 Å². The van der Waals surface area contributed by atoms with Gasteiger partial charge in [-0.15, -0.1) is 10.2 Å². The largest absolute Gasteiger partial charge is 0.388 e. The summed E-state index contributed by atoms with van der Waals surface area (Å²) in [4.78, 5) is 2.00. The van der Waals surface area contributed by atoms with Crippen molar-refractivity contribution in [3.8, 4) is 6.07 Å². The number of β-amino-alcohol motifs (C(OH)–C–C–N with tert-alkyl or cyclic N) is 1. The Morgan fingerprint density at radius 1 is 1.48 bits per heavy atom. The van der Waals surface area contributed by atoms with E-state index in [1.807, 2.05) is 16.5 Å². The Balaban J connectivity index is 1.87. The topological polar surface area (TPSA) is 78.0 Å². The highest BCUT2D eigenvalue weighted by atomic mass is 35.5. The Kier molecular flexibility index (Phi) is 4.24. The molecule has 23 heavy (non-hydrogen) atoms. The van der Waals surface area contributed by atoms with Gasteiger partial charge < -0.3 is 14.6 Å². The van der Waals surface area contributed by atoms with Gasteiger partial charge in [-0.05, 0) is 25.0 Å². The van der Waals surface area contributed by atoms with Crippen LogP contribution >= 0.6 is 11.6 Å². The molecule has 1 aromatic heterocycles. The number of piperidine rings is 1. The van der Waals surface area contributed by atoms with Crippen LogP contribution in [0.15, 0.2) is 24.5 Å². The van der Waals surface area contributed by atoms with Crippen LogP contribution in [0.3, 0.4) is 0 Å². The zero-order valence-corrected chi connectivity index (χ0v) is 13.7. The standard InChI is InChI=1S/C16H18ClN5O/c1-21-11-19-20-14(21)8-16(23)6-3-7-22(10-16)15-12(9-18)4-2-5-13(15)17/h2,4-5,11,23H,3,6-8,10H2,1H3. The van der Waals surface area contributed by atoms with Crippen molar-refractivity contribution < 1.29 is 5.11 Å². The van der Waals surface area contributed by atoms with E-state index in [-0.39, 0.29) is 0 Å². The summed E-state index contributed by atoms with van der Waals surface area (Å²) in [5, 5.41) is 28.8. The SMILES string of the molecule is Cn1cnnc1CC1(O)CCCN(c2c(Cl)cccc2C#N)C1. The third-order valence-electron chi connectivity index (χ3n) is 4.27. The second kappa shape index (κ2) is 6.19. The van der Waals surface area contributed by atoms with Gasteiger partial charge in [0.2, 0.25) is 0 Å². The molecule has 1 aliphatic rings.